The van der Waals surface area contributed by atoms with Crippen molar-refractivity contribution in [1.82, 2.24) is 10.2 Å². The van der Waals surface area contributed by atoms with Crippen LogP contribution in [0.1, 0.15) is 50.8 Å². The summed E-state index contributed by atoms with van der Waals surface area (Å²) in [6, 6.07) is 20.4. The molecule has 0 radical (unpaired) electrons. The highest BCUT2D eigenvalue weighted by Gasteiger charge is 2.35. The Labute approximate surface area is 249 Å². The number of carbonyl (C=O) groups excluding carboxylic acids is 2. The van der Waals surface area contributed by atoms with Gasteiger partial charge in [-0.15, -0.1) is 0 Å². The summed E-state index contributed by atoms with van der Waals surface area (Å²) in [5.74, 6) is -0.764. The van der Waals surface area contributed by atoms with Gasteiger partial charge in [0.1, 0.15) is 12.6 Å². The van der Waals surface area contributed by atoms with Crippen LogP contribution in [0.15, 0.2) is 77.7 Å². The summed E-state index contributed by atoms with van der Waals surface area (Å²) in [6.07, 6.45) is 0.871. The summed E-state index contributed by atoms with van der Waals surface area (Å²) in [6.45, 7) is 10.8. The minimum atomic E-state index is -4.16. The molecule has 0 aliphatic rings. The number of carbonyl (C=O) groups is 2. The predicted octanol–water partition coefficient (Wildman–Crippen LogP) is 5.92. The van der Waals surface area contributed by atoms with Gasteiger partial charge in [0.05, 0.1) is 10.6 Å². The van der Waals surface area contributed by atoms with Gasteiger partial charge in [-0.3, -0.25) is 13.9 Å². The number of sulfonamides is 1. The molecule has 1 atom stereocenters. The van der Waals surface area contributed by atoms with E-state index in [2.05, 4.69) is 5.32 Å². The van der Waals surface area contributed by atoms with Crippen molar-refractivity contribution in [2.45, 2.75) is 70.9 Å². The topological polar surface area (TPSA) is 86.8 Å². The van der Waals surface area contributed by atoms with Crippen LogP contribution in [0.4, 0.5) is 5.69 Å². The van der Waals surface area contributed by atoms with Crippen LogP contribution in [-0.2, 0) is 26.0 Å². The van der Waals surface area contributed by atoms with E-state index in [9.17, 15) is 18.0 Å². The maximum Gasteiger partial charge on any atom is 0.264 e. The quantitative estimate of drug-likeness (QED) is 0.297. The minimum Gasteiger partial charge on any atom is -0.350 e. The van der Waals surface area contributed by atoms with E-state index in [1.165, 1.54) is 17.0 Å². The van der Waals surface area contributed by atoms with Crippen LogP contribution in [0.5, 0.6) is 0 Å². The second-order valence-corrected chi connectivity index (χ2v) is 13.5. The largest absolute Gasteiger partial charge is 0.350 e. The summed E-state index contributed by atoms with van der Waals surface area (Å²) in [4.78, 5) is 29.1. The summed E-state index contributed by atoms with van der Waals surface area (Å²) in [7, 11) is -4.16. The molecular weight excluding hydrogens is 558 g/mol. The van der Waals surface area contributed by atoms with Crippen molar-refractivity contribution in [3.8, 4) is 0 Å². The van der Waals surface area contributed by atoms with Crippen LogP contribution in [-0.4, -0.2) is 49.8 Å². The van der Waals surface area contributed by atoms with Gasteiger partial charge in [0.2, 0.25) is 11.8 Å². The second-order valence-electron chi connectivity index (χ2n) is 11.2. The summed E-state index contributed by atoms with van der Waals surface area (Å²) in [5.41, 5.74) is 2.25. The van der Waals surface area contributed by atoms with Gasteiger partial charge in [0.15, 0.2) is 0 Å². The smallest absolute Gasteiger partial charge is 0.264 e. The standard InChI is InChI=1S/C32H40ClN3O4S/c1-7-28(31(38)34-32(4,5)6)35(21-20-25-12-9-8-10-13-25)30(37)22-36(29-15-11-14-27(33)24(29)3)41(39,40)26-18-16-23(2)17-19-26/h8-19,28H,7,20-22H2,1-6H3,(H,34,38). The van der Waals surface area contributed by atoms with Gasteiger partial charge in [-0.25, -0.2) is 8.42 Å². The first-order valence-electron chi connectivity index (χ1n) is 13.7. The predicted molar refractivity (Wildman–Crippen MR) is 166 cm³/mol. The average molecular weight is 598 g/mol. The Balaban J connectivity index is 2.06. The molecule has 1 unspecified atom stereocenters. The zero-order chi connectivity index (χ0) is 30.4. The Morgan fingerprint density at radius 3 is 2.15 bits per heavy atom. The van der Waals surface area contributed by atoms with Crippen LogP contribution < -0.4 is 9.62 Å². The molecule has 0 bridgehead atoms. The molecule has 7 nitrogen and oxygen atoms in total. The Hall–Kier alpha value is -3.36. The van der Waals surface area contributed by atoms with Crippen LogP contribution in [0.3, 0.4) is 0 Å². The fraction of sp³-hybridized carbons (Fsp3) is 0.375. The molecule has 1 N–H and O–H groups in total. The van der Waals surface area contributed by atoms with Crippen molar-refractivity contribution in [3.05, 3.63) is 94.5 Å². The van der Waals surface area contributed by atoms with Gasteiger partial charge in [-0.05, 0) is 82.9 Å². The molecule has 220 valence electrons. The zero-order valence-electron chi connectivity index (χ0n) is 24.6. The summed E-state index contributed by atoms with van der Waals surface area (Å²) >= 11 is 6.40. The van der Waals surface area contributed by atoms with Crippen molar-refractivity contribution >= 4 is 39.1 Å². The lowest BCUT2D eigenvalue weighted by Gasteiger charge is -2.35. The molecule has 0 spiro atoms. The highest BCUT2D eigenvalue weighted by atomic mass is 35.5. The third-order valence-electron chi connectivity index (χ3n) is 6.76. The van der Waals surface area contributed by atoms with E-state index in [-0.39, 0.29) is 17.3 Å². The Morgan fingerprint density at radius 1 is 0.927 bits per heavy atom. The highest BCUT2D eigenvalue weighted by molar-refractivity contribution is 7.92. The monoisotopic (exact) mass is 597 g/mol. The van der Waals surface area contributed by atoms with E-state index in [1.54, 1.807) is 37.3 Å². The Morgan fingerprint density at radius 2 is 1.56 bits per heavy atom. The second kappa shape index (κ2) is 13.5. The number of hydrogen-bond donors (Lipinski definition) is 1. The minimum absolute atomic E-state index is 0.0589. The zero-order valence-corrected chi connectivity index (χ0v) is 26.2. The number of aryl methyl sites for hydroxylation is 1. The maximum absolute atomic E-state index is 14.2. The summed E-state index contributed by atoms with van der Waals surface area (Å²) < 4.78 is 29.2. The highest BCUT2D eigenvalue weighted by Crippen LogP contribution is 2.31. The lowest BCUT2D eigenvalue weighted by atomic mass is 10.1. The molecule has 0 aromatic heterocycles. The SMILES string of the molecule is CCC(C(=O)NC(C)(C)C)N(CCc1ccccc1)C(=O)CN(c1cccc(Cl)c1C)S(=O)(=O)c1ccc(C)cc1. The molecule has 3 aromatic rings. The third-order valence-corrected chi connectivity index (χ3v) is 8.95. The first-order chi connectivity index (χ1) is 19.2. The van der Waals surface area contributed by atoms with Gasteiger partial charge >= 0.3 is 0 Å². The molecule has 0 fully saturated rings. The average Bonchev–Trinajstić information content (AvgIpc) is 2.91. The molecule has 3 rings (SSSR count). The van der Waals surface area contributed by atoms with Crippen LogP contribution in [0.25, 0.3) is 0 Å². The number of rotatable bonds is 11. The molecule has 0 aliphatic heterocycles. The van der Waals surface area contributed by atoms with E-state index in [4.69, 9.17) is 11.6 Å². The number of amides is 2. The van der Waals surface area contributed by atoms with Crippen LogP contribution in [0, 0.1) is 13.8 Å². The number of hydrogen-bond acceptors (Lipinski definition) is 4. The number of nitrogens with zero attached hydrogens (tertiary/aromatic N) is 2. The van der Waals surface area contributed by atoms with Gasteiger partial charge < -0.3 is 10.2 Å². The van der Waals surface area contributed by atoms with E-state index >= 15 is 0 Å². The molecule has 3 aromatic carbocycles. The number of benzene rings is 3. The van der Waals surface area contributed by atoms with Crippen molar-refractivity contribution in [1.29, 1.82) is 0 Å². The fourth-order valence-electron chi connectivity index (χ4n) is 4.57. The fourth-order valence-corrected chi connectivity index (χ4v) is 6.21. The number of halogens is 1. The first-order valence-corrected chi connectivity index (χ1v) is 15.6. The van der Waals surface area contributed by atoms with Crippen molar-refractivity contribution in [2.75, 3.05) is 17.4 Å². The molecule has 0 heterocycles. The van der Waals surface area contributed by atoms with E-state index in [0.29, 0.717) is 29.1 Å². The lowest BCUT2D eigenvalue weighted by Crippen LogP contribution is -2.56. The van der Waals surface area contributed by atoms with Gasteiger partial charge in [0.25, 0.3) is 10.0 Å². The Kier molecular flexibility index (Phi) is 10.6. The molecular formula is C32H40ClN3O4S. The van der Waals surface area contributed by atoms with Gasteiger partial charge in [-0.1, -0.05) is 72.6 Å². The summed E-state index contributed by atoms with van der Waals surface area (Å²) in [5, 5.41) is 3.37. The molecule has 0 aliphatic carbocycles. The van der Waals surface area contributed by atoms with Gasteiger partial charge in [0, 0.05) is 17.1 Å². The molecule has 0 saturated carbocycles. The van der Waals surface area contributed by atoms with Crippen LogP contribution >= 0.6 is 11.6 Å². The van der Waals surface area contributed by atoms with Crippen molar-refractivity contribution in [3.63, 3.8) is 0 Å². The van der Waals surface area contributed by atoms with Gasteiger partial charge in [-0.2, -0.15) is 0 Å². The van der Waals surface area contributed by atoms with Crippen LogP contribution in [0.2, 0.25) is 5.02 Å². The number of anilines is 1. The number of nitrogens with one attached hydrogen (secondary N) is 1. The molecule has 41 heavy (non-hydrogen) atoms. The van der Waals surface area contributed by atoms with E-state index in [0.717, 1.165) is 15.4 Å². The lowest BCUT2D eigenvalue weighted by molar-refractivity contribution is -0.140. The van der Waals surface area contributed by atoms with E-state index in [1.807, 2.05) is 65.0 Å². The maximum atomic E-state index is 14.2. The molecule has 2 amide bonds. The molecule has 0 saturated heterocycles. The van der Waals surface area contributed by atoms with E-state index < -0.39 is 34.1 Å². The first kappa shape index (κ1) is 32.2. The Bertz CT molecular complexity index is 1450. The van der Waals surface area contributed by atoms with Crippen molar-refractivity contribution < 1.29 is 18.0 Å². The normalized spacial score (nSPS) is 12.5. The molecule has 9 heteroatoms. The van der Waals surface area contributed by atoms with Crippen molar-refractivity contribution in [2.24, 2.45) is 0 Å². The third kappa shape index (κ3) is 8.33.